The molecule has 1 heterocycles. The fourth-order valence-electron chi connectivity index (χ4n) is 3.32. The molecule has 0 saturated heterocycles. The second-order valence-corrected chi connectivity index (χ2v) is 5.70. The molecule has 1 aliphatic rings. The average Bonchev–Trinajstić information content (AvgIpc) is 2.77. The summed E-state index contributed by atoms with van der Waals surface area (Å²) in [6.07, 6.45) is 6.90. The van der Waals surface area contributed by atoms with E-state index in [0.29, 0.717) is 0 Å². The van der Waals surface area contributed by atoms with E-state index < -0.39 is 0 Å². The summed E-state index contributed by atoms with van der Waals surface area (Å²) in [5.74, 6) is 0.752. The van der Waals surface area contributed by atoms with E-state index in [-0.39, 0.29) is 24.0 Å². The van der Waals surface area contributed by atoms with E-state index >= 15 is 0 Å². The molecule has 2 aromatic rings. The molecule has 0 atom stereocenters. The Kier molecular flexibility index (Phi) is 5.24. The highest BCUT2D eigenvalue weighted by Gasteiger charge is 2.25. The van der Waals surface area contributed by atoms with Crippen molar-refractivity contribution in [2.24, 2.45) is 14.1 Å². The summed E-state index contributed by atoms with van der Waals surface area (Å²) in [6, 6.07) is 13.1. The minimum atomic E-state index is 0. The van der Waals surface area contributed by atoms with Crippen molar-refractivity contribution in [2.45, 2.75) is 38.0 Å². The summed E-state index contributed by atoms with van der Waals surface area (Å²) in [5, 5.41) is 0. The second kappa shape index (κ2) is 6.74. The number of hydrogen-bond acceptors (Lipinski definition) is 0. The molecule has 108 valence electrons. The number of halogens is 1. The maximum atomic E-state index is 2.39. The van der Waals surface area contributed by atoms with Crippen LogP contribution in [0.5, 0.6) is 0 Å². The predicted molar refractivity (Wildman–Crippen MR) is 77.9 cm³/mol. The first-order valence-corrected chi connectivity index (χ1v) is 7.38. The van der Waals surface area contributed by atoms with Crippen molar-refractivity contribution >= 4 is 0 Å². The number of benzene rings is 1. The maximum absolute atomic E-state index is 2.39. The van der Waals surface area contributed by atoms with E-state index in [0.717, 1.165) is 5.92 Å². The number of nitrogens with zero attached hydrogens (tertiary/aromatic N) is 2. The Labute approximate surface area is 138 Å². The van der Waals surface area contributed by atoms with E-state index in [1.807, 2.05) is 0 Å². The molecule has 20 heavy (non-hydrogen) atoms. The highest BCUT2D eigenvalue weighted by atomic mass is 127. The van der Waals surface area contributed by atoms with Crippen molar-refractivity contribution in [3.05, 3.63) is 42.1 Å². The molecule has 3 heteroatoms. The van der Waals surface area contributed by atoms with Crippen LogP contribution in [-0.4, -0.2) is 4.68 Å². The Bertz CT molecular complexity index is 554. The molecule has 0 radical (unpaired) electrons. The van der Waals surface area contributed by atoms with Crippen LogP contribution >= 0.6 is 0 Å². The first kappa shape index (κ1) is 15.5. The van der Waals surface area contributed by atoms with Gasteiger partial charge < -0.3 is 24.0 Å². The SMILES string of the molecule is Cn1c(C2CCCCC2)cc(-c2ccccc2)[n+]1C.[I-]. The van der Waals surface area contributed by atoms with Gasteiger partial charge in [-0.05, 0) is 25.0 Å². The Morgan fingerprint density at radius 2 is 1.70 bits per heavy atom. The molecule has 1 saturated carbocycles. The Morgan fingerprint density at radius 1 is 1.05 bits per heavy atom. The maximum Gasteiger partial charge on any atom is 0.238 e. The van der Waals surface area contributed by atoms with Crippen LogP contribution in [0.25, 0.3) is 11.3 Å². The van der Waals surface area contributed by atoms with Crippen LogP contribution in [0, 0.1) is 0 Å². The molecule has 1 fully saturated rings. The lowest BCUT2D eigenvalue weighted by Gasteiger charge is -2.20. The van der Waals surface area contributed by atoms with Gasteiger partial charge in [0.2, 0.25) is 5.69 Å². The third kappa shape index (κ3) is 2.92. The fourth-order valence-corrected chi connectivity index (χ4v) is 3.32. The van der Waals surface area contributed by atoms with Crippen LogP contribution in [0.3, 0.4) is 0 Å². The third-order valence-corrected chi connectivity index (χ3v) is 4.55. The second-order valence-electron chi connectivity index (χ2n) is 5.70. The molecule has 0 spiro atoms. The third-order valence-electron chi connectivity index (χ3n) is 4.55. The van der Waals surface area contributed by atoms with Gasteiger partial charge in [0.05, 0.1) is 12.7 Å². The lowest BCUT2D eigenvalue weighted by atomic mass is 9.86. The Balaban J connectivity index is 0.00000147. The molecule has 2 nitrogen and oxygen atoms in total. The molecule has 3 rings (SSSR count). The first-order chi connectivity index (χ1) is 9.27. The summed E-state index contributed by atoms with van der Waals surface area (Å²) in [4.78, 5) is 0. The van der Waals surface area contributed by atoms with Crippen molar-refractivity contribution in [3.8, 4) is 11.3 Å². The van der Waals surface area contributed by atoms with Gasteiger partial charge in [-0.15, -0.1) is 4.68 Å². The van der Waals surface area contributed by atoms with E-state index in [1.165, 1.54) is 49.1 Å². The molecular formula is C17H23IN2. The van der Waals surface area contributed by atoms with Crippen LogP contribution in [0.1, 0.15) is 43.7 Å². The van der Waals surface area contributed by atoms with Gasteiger partial charge in [-0.1, -0.05) is 37.5 Å². The van der Waals surface area contributed by atoms with Gasteiger partial charge >= 0.3 is 0 Å². The van der Waals surface area contributed by atoms with Crippen molar-refractivity contribution in [3.63, 3.8) is 0 Å². The van der Waals surface area contributed by atoms with Crippen molar-refractivity contribution < 1.29 is 28.7 Å². The van der Waals surface area contributed by atoms with Gasteiger partial charge in [0.25, 0.3) is 0 Å². The van der Waals surface area contributed by atoms with Gasteiger partial charge in [-0.3, -0.25) is 0 Å². The lowest BCUT2D eigenvalue weighted by Crippen LogP contribution is -3.00. The lowest BCUT2D eigenvalue weighted by molar-refractivity contribution is -0.741. The molecule has 0 bridgehead atoms. The Hall–Kier alpha value is -0.840. The molecular weight excluding hydrogens is 359 g/mol. The Morgan fingerprint density at radius 3 is 2.35 bits per heavy atom. The number of rotatable bonds is 2. The molecule has 1 aromatic heterocycles. The average molecular weight is 382 g/mol. The zero-order valence-electron chi connectivity index (χ0n) is 12.3. The van der Waals surface area contributed by atoms with Crippen LogP contribution in [0.2, 0.25) is 0 Å². The molecule has 0 unspecified atom stereocenters. The minimum absolute atomic E-state index is 0. The summed E-state index contributed by atoms with van der Waals surface area (Å²) >= 11 is 0. The summed E-state index contributed by atoms with van der Waals surface area (Å²) in [7, 11) is 4.35. The monoisotopic (exact) mass is 382 g/mol. The molecule has 1 aliphatic carbocycles. The quantitative estimate of drug-likeness (QED) is 0.531. The normalized spacial score (nSPS) is 15.9. The van der Waals surface area contributed by atoms with Crippen molar-refractivity contribution in [1.82, 2.24) is 4.68 Å². The van der Waals surface area contributed by atoms with E-state index in [4.69, 9.17) is 0 Å². The zero-order chi connectivity index (χ0) is 13.2. The van der Waals surface area contributed by atoms with E-state index in [2.05, 4.69) is 59.9 Å². The molecule has 0 amide bonds. The molecule has 0 N–H and O–H groups in total. The van der Waals surface area contributed by atoms with Gasteiger partial charge in [-0.2, -0.15) is 4.68 Å². The van der Waals surface area contributed by atoms with Gasteiger partial charge in [0.15, 0.2) is 7.05 Å². The van der Waals surface area contributed by atoms with Crippen LogP contribution in [-0.2, 0) is 14.1 Å². The van der Waals surface area contributed by atoms with E-state index in [1.54, 1.807) is 0 Å². The van der Waals surface area contributed by atoms with Crippen LogP contribution in [0.15, 0.2) is 36.4 Å². The highest BCUT2D eigenvalue weighted by Crippen LogP contribution is 2.33. The number of hydrogen-bond donors (Lipinski definition) is 0. The van der Waals surface area contributed by atoms with E-state index in [9.17, 15) is 0 Å². The van der Waals surface area contributed by atoms with Crippen LogP contribution in [0.4, 0.5) is 0 Å². The molecule has 1 aromatic carbocycles. The summed E-state index contributed by atoms with van der Waals surface area (Å²) in [5.41, 5.74) is 4.13. The van der Waals surface area contributed by atoms with Gasteiger partial charge in [0.1, 0.15) is 0 Å². The van der Waals surface area contributed by atoms with Crippen LogP contribution < -0.4 is 28.7 Å². The zero-order valence-corrected chi connectivity index (χ0v) is 14.5. The summed E-state index contributed by atoms with van der Waals surface area (Å²) in [6.45, 7) is 0. The molecule has 0 aliphatic heterocycles. The van der Waals surface area contributed by atoms with Crippen molar-refractivity contribution in [1.29, 1.82) is 0 Å². The number of aromatic nitrogens is 2. The highest BCUT2D eigenvalue weighted by molar-refractivity contribution is 5.56. The minimum Gasteiger partial charge on any atom is -1.00 e. The summed E-state index contributed by atoms with van der Waals surface area (Å²) < 4.78 is 4.61. The van der Waals surface area contributed by atoms with Gasteiger partial charge in [-0.25, -0.2) is 0 Å². The first-order valence-electron chi connectivity index (χ1n) is 7.38. The largest absolute Gasteiger partial charge is 1.00 e. The standard InChI is InChI=1S/C17H23N2.HI/c1-18-16(14-9-5-3-6-10-14)13-17(19(18)2)15-11-7-4-8-12-15;/h3,5-6,9-10,13,15H,4,7-8,11-12H2,1-2H3;1H/q+1;/p-1. The van der Waals surface area contributed by atoms with Gasteiger partial charge in [0, 0.05) is 17.5 Å². The predicted octanol–water partition coefficient (Wildman–Crippen LogP) is 0.568. The topological polar surface area (TPSA) is 8.81 Å². The smallest absolute Gasteiger partial charge is 0.238 e. The van der Waals surface area contributed by atoms with Crippen molar-refractivity contribution in [2.75, 3.05) is 0 Å². The fraction of sp³-hybridized carbons (Fsp3) is 0.471.